The molecule has 3 N–H and O–H groups in total. The zero-order chi connectivity index (χ0) is 20.3. The van der Waals surface area contributed by atoms with Gasteiger partial charge >= 0.3 is 11.9 Å². The highest BCUT2D eigenvalue weighted by atomic mass is 31.2. The minimum Gasteiger partial charge on any atom is -0.460 e. The summed E-state index contributed by atoms with van der Waals surface area (Å²) < 4.78 is 28.4. The molecule has 0 saturated heterocycles. The van der Waals surface area contributed by atoms with Crippen LogP contribution >= 0.6 is 7.37 Å². The lowest BCUT2D eigenvalue weighted by Crippen LogP contribution is -2.26. The molecule has 0 bridgehead atoms. The first-order valence-electron chi connectivity index (χ1n) is 8.24. The van der Waals surface area contributed by atoms with Gasteiger partial charge in [-0.3, -0.25) is 4.57 Å². The van der Waals surface area contributed by atoms with Gasteiger partial charge in [0.1, 0.15) is 24.7 Å². The van der Waals surface area contributed by atoms with E-state index in [0.29, 0.717) is 0 Å². The Labute approximate surface area is 159 Å². The Hall–Kier alpha value is -2.71. The quantitative estimate of drug-likeness (QED) is 0.455. The van der Waals surface area contributed by atoms with Crippen LogP contribution in [0.25, 0.3) is 0 Å². The second-order valence-electron chi connectivity index (χ2n) is 5.76. The molecule has 0 unspecified atom stereocenters. The van der Waals surface area contributed by atoms with E-state index in [1.165, 1.54) is 36.4 Å². The van der Waals surface area contributed by atoms with Crippen molar-refractivity contribution in [2.45, 2.75) is 0 Å². The molecule has 9 nitrogen and oxygen atoms in total. The Bertz CT molecular complexity index is 896. The minimum atomic E-state index is -4.19. The van der Waals surface area contributed by atoms with Gasteiger partial charge in [-0.2, -0.15) is 0 Å². The number of fused-ring (bicyclic) bond motifs is 2. The summed E-state index contributed by atoms with van der Waals surface area (Å²) in [5.41, 5.74) is 0.0408. The molecule has 0 radical (unpaired) electrons. The standard InChI is InChI=1S/C18H17O9P/c19-5-7-25-17(21)11-1-3-13-15(9-11)28(23,24)16-10-12(2-4-14(16)27-13)18(22)26-8-6-20/h1-4,9-10,19-20H,5-8H2,(H,23,24). The first-order valence-corrected chi connectivity index (χ1v) is 9.90. The maximum absolute atomic E-state index is 13.1. The number of carbonyl (C=O) groups excluding carboxylic acids is 2. The predicted octanol–water partition coefficient (Wildman–Crippen LogP) is 0.312. The average molecular weight is 408 g/mol. The van der Waals surface area contributed by atoms with Gasteiger partial charge in [0.25, 0.3) is 7.37 Å². The molecule has 0 aromatic heterocycles. The normalized spacial score (nSPS) is 13.7. The number of hydrogen-bond donors (Lipinski definition) is 3. The third kappa shape index (κ3) is 3.79. The largest absolute Gasteiger partial charge is 0.460 e. The number of aliphatic hydroxyl groups excluding tert-OH is 2. The van der Waals surface area contributed by atoms with Crippen molar-refractivity contribution in [2.75, 3.05) is 26.4 Å². The van der Waals surface area contributed by atoms with Crippen LogP contribution in [0.5, 0.6) is 11.5 Å². The third-order valence-electron chi connectivity index (χ3n) is 3.91. The fourth-order valence-electron chi connectivity index (χ4n) is 2.63. The van der Waals surface area contributed by atoms with Gasteiger partial charge in [-0.15, -0.1) is 0 Å². The molecule has 0 saturated carbocycles. The van der Waals surface area contributed by atoms with Gasteiger partial charge < -0.3 is 29.3 Å². The van der Waals surface area contributed by atoms with Crippen LogP contribution in [0.1, 0.15) is 20.7 Å². The van der Waals surface area contributed by atoms with Crippen LogP contribution in [0.3, 0.4) is 0 Å². The number of esters is 2. The second kappa shape index (κ2) is 8.12. The van der Waals surface area contributed by atoms with Gasteiger partial charge in [0, 0.05) is 0 Å². The maximum Gasteiger partial charge on any atom is 0.338 e. The van der Waals surface area contributed by atoms with Crippen molar-refractivity contribution in [1.29, 1.82) is 0 Å². The molecule has 1 aliphatic heterocycles. The second-order valence-corrected chi connectivity index (χ2v) is 7.88. The molecule has 0 atom stereocenters. The van der Waals surface area contributed by atoms with Crippen LogP contribution in [-0.4, -0.2) is 53.5 Å². The summed E-state index contributed by atoms with van der Waals surface area (Å²) in [5.74, 6) is -1.31. The SMILES string of the molecule is O=C(OCCO)c1ccc2c(c1)P(=O)(O)c1cc(C(=O)OCCO)ccc1O2. The molecule has 3 rings (SSSR count). The molecule has 28 heavy (non-hydrogen) atoms. The Balaban J connectivity index is 1.98. The predicted molar refractivity (Wildman–Crippen MR) is 96.8 cm³/mol. The highest BCUT2D eigenvalue weighted by molar-refractivity contribution is 7.74. The third-order valence-corrected chi connectivity index (χ3v) is 5.92. The fourth-order valence-corrected chi connectivity index (χ4v) is 4.35. The molecule has 0 aliphatic carbocycles. The molecule has 0 fully saturated rings. The summed E-state index contributed by atoms with van der Waals surface area (Å²) in [4.78, 5) is 34.7. The summed E-state index contributed by atoms with van der Waals surface area (Å²) in [7, 11) is -4.19. The number of aliphatic hydroxyl groups is 2. The molecule has 1 heterocycles. The summed E-state index contributed by atoms with van der Waals surface area (Å²) >= 11 is 0. The van der Waals surface area contributed by atoms with Crippen LogP contribution in [0.2, 0.25) is 0 Å². The van der Waals surface area contributed by atoms with Crippen molar-refractivity contribution in [3.63, 3.8) is 0 Å². The summed E-state index contributed by atoms with van der Waals surface area (Å²) in [6.07, 6.45) is 0. The molecular weight excluding hydrogens is 391 g/mol. The molecule has 1 aliphatic rings. The van der Waals surface area contributed by atoms with Gasteiger partial charge in [0.15, 0.2) is 0 Å². The highest BCUT2D eigenvalue weighted by Crippen LogP contribution is 2.49. The topological polar surface area (TPSA) is 140 Å². The van der Waals surface area contributed by atoms with Crippen LogP contribution < -0.4 is 15.3 Å². The van der Waals surface area contributed by atoms with Crippen molar-refractivity contribution in [1.82, 2.24) is 0 Å². The van der Waals surface area contributed by atoms with E-state index >= 15 is 0 Å². The minimum absolute atomic E-state index is 0.0204. The van der Waals surface area contributed by atoms with Crippen LogP contribution in [0, 0.1) is 0 Å². The van der Waals surface area contributed by atoms with Gasteiger partial charge in [0.2, 0.25) is 0 Å². The van der Waals surface area contributed by atoms with Crippen molar-refractivity contribution in [3.05, 3.63) is 47.5 Å². The summed E-state index contributed by atoms with van der Waals surface area (Å²) in [6.45, 7) is -1.10. The fraction of sp³-hybridized carbons (Fsp3) is 0.222. The van der Waals surface area contributed by atoms with Crippen molar-refractivity contribution >= 4 is 29.9 Å². The number of carbonyl (C=O) groups is 2. The molecule has 2 aromatic rings. The average Bonchev–Trinajstić information content (AvgIpc) is 2.70. The monoisotopic (exact) mass is 408 g/mol. The van der Waals surface area contributed by atoms with Crippen molar-refractivity contribution in [3.8, 4) is 11.5 Å². The van der Waals surface area contributed by atoms with Crippen LogP contribution in [0.15, 0.2) is 36.4 Å². The molecule has 10 heteroatoms. The van der Waals surface area contributed by atoms with E-state index in [0.717, 1.165) is 0 Å². The Morgan fingerprint density at radius 1 is 0.857 bits per heavy atom. The first-order chi connectivity index (χ1) is 13.4. The van der Waals surface area contributed by atoms with Gasteiger partial charge in [0.05, 0.1) is 34.9 Å². The number of benzene rings is 2. The van der Waals surface area contributed by atoms with Gasteiger partial charge in [-0.1, -0.05) is 0 Å². The zero-order valence-corrected chi connectivity index (χ0v) is 15.4. The van der Waals surface area contributed by atoms with E-state index in [2.05, 4.69) is 0 Å². The van der Waals surface area contributed by atoms with E-state index in [4.69, 9.17) is 24.4 Å². The number of rotatable bonds is 6. The Morgan fingerprint density at radius 3 is 1.68 bits per heavy atom. The van der Waals surface area contributed by atoms with Crippen LogP contribution in [0.4, 0.5) is 0 Å². The zero-order valence-electron chi connectivity index (χ0n) is 14.5. The van der Waals surface area contributed by atoms with E-state index in [-0.39, 0.29) is 59.7 Å². The number of ether oxygens (including phenoxy) is 3. The van der Waals surface area contributed by atoms with E-state index in [1.54, 1.807) is 0 Å². The van der Waals surface area contributed by atoms with Crippen LogP contribution in [-0.2, 0) is 14.0 Å². The lowest BCUT2D eigenvalue weighted by Gasteiger charge is -2.25. The number of hydrogen-bond acceptors (Lipinski definition) is 8. The summed E-state index contributed by atoms with van der Waals surface area (Å²) in [5, 5.41) is 17.3. The Kier molecular flexibility index (Phi) is 5.81. The molecule has 2 aromatic carbocycles. The lowest BCUT2D eigenvalue weighted by atomic mass is 10.2. The molecular formula is C18H17O9P. The van der Waals surface area contributed by atoms with E-state index in [1.807, 2.05) is 0 Å². The molecule has 148 valence electrons. The maximum atomic E-state index is 13.1. The lowest BCUT2D eigenvalue weighted by molar-refractivity contribution is 0.0427. The molecule has 0 spiro atoms. The first kappa shape index (κ1) is 20.0. The summed E-state index contributed by atoms with van der Waals surface area (Å²) in [6, 6.07) is 7.89. The highest BCUT2D eigenvalue weighted by Gasteiger charge is 2.37. The smallest absolute Gasteiger partial charge is 0.338 e. The van der Waals surface area contributed by atoms with Gasteiger partial charge in [-0.05, 0) is 36.4 Å². The molecule has 0 amide bonds. The Morgan fingerprint density at radius 2 is 1.29 bits per heavy atom. The van der Waals surface area contributed by atoms with Crippen molar-refractivity contribution in [2.24, 2.45) is 0 Å². The van der Waals surface area contributed by atoms with Gasteiger partial charge in [-0.25, -0.2) is 9.59 Å². The van der Waals surface area contributed by atoms with Crippen molar-refractivity contribution < 1.29 is 43.5 Å². The van der Waals surface area contributed by atoms with E-state index in [9.17, 15) is 19.0 Å². The van der Waals surface area contributed by atoms with E-state index < -0.39 is 19.3 Å².